The third-order valence-corrected chi connectivity index (χ3v) is 5.86. The number of hydrogen-bond donors (Lipinski definition) is 1. The van der Waals surface area contributed by atoms with Crippen LogP contribution in [0.4, 0.5) is 0 Å². The smallest absolute Gasteiger partial charge is 0.295 e. The monoisotopic (exact) mass is 436 g/mol. The molecule has 6 heteroatoms. The largest absolute Gasteiger partial charge is 0.507 e. The van der Waals surface area contributed by atoms with Crippen molar-refractivity contribution in [3.8, 4) is 5.75 Å². The molecule has 0 unspecified atom stereocenters. The van der Waals surface area contributed by atoms with E-state index in [1.165, 1.54) is 0 Å². The topological polar surface area (TPSA) is 70.1 Å². The van der Waals surface area contributed by atoms with Crippen molar-refractivity contribution in [1.29, 1.82) is 0 Å². The van der Waals surface area contributed by atoms with Gasteiger partial charge in [-0.2, -0.15) is 0 Å². The van der Waals surface area contributed by atoms with Gasteiger partial charge in [-0.15, -0.1) is 0 Å². The molecule has 1 amide bonds. The highest BCUT2D eigenvalue weighted by molar-refractivity contribution is 6.46. The van der Waals surface area contributed by atoms with Crippen molar-refractivity contribution in [2.24, 2.45) is 0 Å². The van der Waals surface area contributed by atoms with E-state index < -0.39 is 17.7 Å². The van der Waals surface area contributed by atoms with E-state index in [1.54, 1.807) is 29.2 Å². The molecular formula is C26H32N2O4. The van der Waals surface area contributed by atoms with Crippen LogP contribution >= 0.6 is 0 Å². The van der Waals surface area contributed by atoms with Crippen molar-refractivity contribution >= 4 is 17.4 Å². The maximum absolute atomic E-state index is 13.0. The highest BCUT2D eigenvalue weighted by Crippen LogP contribution is 2.39. The van der Waals surface area contributed by atoms with Gasteiger partial charge >= 0.3 is 0 Å². The first-order valence-corrected chi connectivity index (χ1v) is 11.3. The van der Waals surface area contributed by atoms with Gasteiger partial charge in [0.25, 0.3) is 11.7 Å². The third-order valence-electron chi connectivity index (χ3n) is 5.86. The minimum absolute atomic E-state index is 0.133. The van der Waals surface area contributed by atoms with E-state index in [9.17, 15) is 14.7 Å². The molecule has 1 heterocycles. The number of ketones is 1. The first-order valence-electron chi connectivity index (χ1n) is 11.3. The zero-order valence-corrected chi connectivity index (χ0v) is 19.1. The SMILES string of the molecule is CCOc1ccc([C@H]2C(=C(O)c3ccccc3)C(=O)C(=O)N2CCCN(CC)CC)cc1. The van der Waals surface area contributed by atoms with Gasteiger partial charge in [0.05, 0.1) is 18.2 Å². The van der Waals surface area contributed by atoms with Crippen LogP contribution in [0.1, 0.15) is 44.4 Å². The highest BCUT2D eigenvalue weighted by Gasteiger charge is 2.45. The normalized spacial score (nSPS) is 17.9. The van der Waals surface area contributed by atoms with Gasteiger partial charge in [0, 0.05) is 12.1 Å². The van der Waals surface area contributed by atoms with Gasteiger partial charge in [-0.3, -0.25) is 9.59 Å². The fourth-order valence-electron chi connectivity index (χ4n) is 4.13. The Morgan fingerprint density at radius 2 is 1.66 bits per heavy atom. The number of nitrogens with zero attached hydrogens (tertiary/aromatic N) is 2. The minimum atomic E-state index is -0.645. The van der Waals surface area contributed by atoms with E-state index in [0.29, 0.717) is 18.7 Å². The summed E-state index contributed by atoms with van der Waals surface area (Å²) in [4.78, 5) is 29.9. The first kappa shape index (κ1) is 23.5. The second-order valence-electron chi connectivity index (χ2n) is 7.74. The number of carbonyl (C=O) groups is 2. The number of Topliss-reactive ketones (excluding diaryl/α,β-unsaturated/α-hetero) is 1. The molecule has 1 N–H and O–H groups in total. The molecule has 6 nitrogen and oxygen atoms in total. The van der Waals surface area contributed by atoms with E-state index in [-0.39, 0.29) is 11.3 Å². The molecule has 3 rings (SSSR count). The van der Waals surface area contributed by atoms with E-state index in [2.05, 4.69) is 18.7 Å². The molecule has 32 heavy (non-hydrogen) atoms. The van der Waals surface area contributed by atoms with Gasteiger partial charge in [0.1, 0.15) is 11.5 Å². The predicted octanol–water partition coefficient (Wildman–Crippen LogP) is 4.24. The van der Waals surface area contributed by atoms with E-state index in [0.717, 1.165) is 37.4 Å². The Morgan fingerprint density at radius 3 is 2.25 bits per heavy atom. The molecule has 0 radical (unpaired) electrons. The zero-order valence-electron chi connectivity index (χ0n) is 19.1. The maximum Gasteiger partial charge on any atom is 0.295 e. The molecule has 0 aromatic heterocycles. The average molecular weight is 437 g/mol. The number of rotatable bonds is 10. The molecule has 1 atom stereocenters. The lowest BCUT2D eigenvalue weighted by molar-refractivity contribution is -0.140. The zero-order chi connectivity index (χ0) is 23.1. The fourth-order valence-corrected chi connectivity index (χ4v) is 4.13. The quantitative estimate of drug-likeness (QED) is 0.343. The van der Waals surface area contributed by atoms with Crippen LogP contribution in [-0.4, -0.2) is 59.4 Å². The first-order chi connectivity index (χ1) is 15.5. The predicted molar refractivity (Wildman–Crippen MR) is 125 cm³/mol. The molecule has 1 fully saturated rings. The van der Waals surface area contributed by atoms with Gasteiger partial charge in [0.15, 0.2) is 0 Å². The Balaban J connectivity index is 1.99. The van der Waals surface area contributed by atoms with Crippen LogP contribution in [0, 0.1) is 0 Å². The number of carbonyl (C=O) groups excluding carboxylic acids is 2. The third kappa shape index (κ3) is 5.02. The Hall–Kier alpha value is -3.12. The van der Waals surface area contributed by atoms with Crippen molar-refractivity contribution in [3.63, 3.8) is 0 Å². The van der Waals surface area contributed by atoms with Crippen LogP contribution in [-0.2, 0) is 9.59 Å². The van der Waals surface area contributed by atoms with Crippen molar-refractivity contribution < 1.29 is 19.4 Å². The van der Waals surface area contributed by atoms with Gasteiger partial charge in [-0.05, 0) is 50.7 Å². The summed E-state index contributed by atoms with van der Waals surface area (Å²) in [6.07, 6.45) is 0.744. The molecule has 2 aromatic rings. The molecule has 0 aliphatic carbocycles. The number of aliphatic hydroxyl groups excluding tert-OH is 1. The maximum atomic E-state index is 13.0. The van der Waals surface area contributed by atoms with Gasteiger partial charge in [0.2, 0.25) is 0 Å². The molecule has 1 saturated heterocycles. The van der Waals surface area contributed by atoms with Crippen molar-refractivity contribution in [2.45, 2.75) is 33.2 Å². The number of benzene rings is 2. The summed E-state index contributed by atoms with van der Waals surface area (Å²) in [5, 5.41) is 11.0. The number of likely N-dealkylation sites (tertiary alicyclic amines) is 1. The molecule has 1 aliphatic heterocycles. The summed E-state index contributed by atoms with van der Waals surface area (Å²) in [5.41, 5.74) is 1.42. The van der Waals surface area contributed by atoms with Crippen LogP contribution in [0.15, 0.2) is 60.2 Å². The molecule has 0 spiro atoms. The van der Waals surface area contributed by atoms with Crippen LogP contribution in [0.2, 0.25) is 0 Å². The Kier molecular flexibility index (Phi) is 8.06. The van der Waals surface area contributed by atoms with E-state index in [1.807, 2.05) is 37.3 Å². The second-order valence-corrected chi connectivity index (χ2v) is 7.74. The standard InChI is InChI=1S/C26H32N2O4/c1-4-27(5-2)17-10-18-28-23(19-13-15-21(16-14-19)32-6-3)22(25(30)26(28)31)24(29)20-11-8-7-9-12-20/h7-9,11-16,23,29H,4-6,10,17-18H2,1-3H3/t23-/m0/s1. The lowest BCUT2D eigenvalue weighted by Gasteiger charge is -2.27. The Labute approximate surface area is 190 Å². The highest BCUT2D eigenvalue weighted by atomic mass is 16.5. The molecule has 170 valence electrons. The van der Waals surface area contributed by atoms with Crippen molar-refractivity contribution in [1.82, 2.24) is 9.80 Å². The molecular weight excluding hydrogens is 404 g/mol. The minimum Gasteiger partial charge on any atom is -0.507 e. The number of ether oxygens (including phenoxy) is 1. The summed E-state index contributed by atoms with van der Waals surface area (Å²) in [5.74, 6) is -0.638. The van der Waals surface area contributed by atoms with Crippen molar-refractivity contribution in [3.05, 3.63) is 71.3 Å². The Bertz CT molecular complexity index is 950. The van der Waals surface area contributed by atoms with Crippen LogP contribution in [0.5, 0.6) is 5.75 Å². The average Bonchev–Trinajstić information content (AvgIpc) is 3.07. The Morgan fingerprint density at radius 1 is 1.00 bits per heavy atom. The van der Waals surface area contributed by atoms with Crippen LogP contribution in [0.25, 0.3) is 5.76 Å². The summed E-state index contributed by atoms with van der Waals surface area (Å²) in [6, 6.07) is 15.6. The summed E-state index contributed by atoms with van der Waals surface area (Å²) in [6.45, 7) is 9.83. The second kappa shape index (κ2) is 11.0. The van der Waals surface area contributed by atoms with Crippen LogP contribution in [0.3, 0.4) is 0 Å². The van der Waals surface area contributed by atoms with Crippen LogP contribution < -0.4 is 4.74 Å². The lowest BCUT2D eigenvalue weighted by Crippen LogP contribution is -2.33. The number of aliphatic hydroxyl groups is 1. The number of amides is 1. The molecule has 1 aliphatic rings. The molecule has 2 aromatic carbocycles. The van der Waals surface area contributed by atoms with E-state index in [4.69, 9.17) is 4.74 Å². The van der Waals surface area contributed by atoms with Gasteiger partial charge in [-0.1, -0.05) is 56.3 Å². The number of hydrogen-bond acceptors (Lipinski definition) is 5. The van der Waals surface area contributed by atoms with E-state index >= 15 is 0 Å². The van der Waals surface area contributed by atoms with Gasteiger partial charge < -0.3 is 19.6 Å². The summed E-state index contributed by atoms with van der Waals surface area (Å²) in [7, 11) is 0. The van der Waals surface area contributed by atoms with Gasteiger partial charge in [-0.25, -0.2) is 0 Å². The summed E-state index contributed by atoms with van der Waals surface area (Å²) >= 11 is 0. The lowest BCUT2D eigenvalue weighted by atomic mass is 9.95. The summed E-state index contributed by atoms with van der Waals surface area (Å²) < 4.78 is 5.54. The fraction of sp³-hybridized carbons (Fsp3) is 0.385. The molecule has 0 bridgehead atoms. The van der Waals surface area contributed by atoms with Crippen molar-refractivity contribution in [2.75, 3.05) is 32.8 Å². The molecule has 0 saturated carbocycles.